The zero-order valence-corrected chi connectivity index (χ0v) is 7.05. The van der Waals surface area contributed by atoms with Gasteiger partial charge in [-0.3, -0.25) is 0 Å². The van der Waals surface area contributed by atoms with Crippen LogP contribution in [0.15, 0.2) is 20.5 Å². The Balaban J connectivity index is 2.82. The van der Waals surface area contributed by atoms with Crippen LogP contribution in [0.5, 0.6) is 0 Å². The number of hydrogen-bond donors (Lipinski definition) is 0. The van der Waals surface area contributed by atoms with E-state index < -0.39 is 0 Å². The predicted molar refractivity (Wildman–Crippen MR) is 42.0 cm³/mol. The van der Waals surface area contributed by atoms with Crippen LogP contribution in [0.25, 0.3) is 0 Å². The molecule has 38 valence electrons. The quantitative estimate of drug-likeness (QED) is 0.605. The maximum absolute atomic E-state index is 4.01. The molecule has 0 saturated carbocycles. The van der Waals surface area contributed by atoms with Crippen molar-refractivity contribution in [2.24, 2.45) is 8.14 Å². The molecule has 0 aromatic rings. The Bertz CT molecular complexity index is 149. The third-order valence-electron chi connectivity index (χ3n) is 0.414. The first-order valence-electron chi connectivity index (χ1n) is 1.62. The standard InChI is InChI=1S/C3H2BrIN2/c4-3-5-7-2-1-6-3/h1-2H. The minimum Gasteiger partial charge on any atom is -0.240 e. The highest BCUT2D eigenvalue weighted by molar-refractivity contribution is 14.2. The fraction of sp³-hybridized carbons (Fsp3) is 0. The van der Waals surface area contributed by atoms with Gasteiger partial charge in [-0.1, -0.05) is 0 Å². The summed E-state index contributed by atoms with van der Waals surface area (Å²) in [5.41, 5.74) is 0. The van der Waals surface area contributed by atoms with Crippen molar-refractivity contribution in [2.75, 3.05) is 0 Å². The summed E-state index contributed by atoms with van der Waals surface area (Å²) in [5, 5.41) is 0. The molecule has 0 saturated heterocycles. The molecule has 0 fully saturated rings. The lowest BCUT2D eigenvalue weighted by atomic mass is 10.9. The summed E-state index contributed by atoms with van der Waals surface area (Å²) < 4.78 is 5.02. The highest BCUT2D eigenvalue weighted by Gasteiger charge is 1.85. The molecule has 0 aromatic carbocycles. The molecule has 1 rings (SSSR count). The zero-order valence-electron chi connectivity index (χ0n) is 3.31. The first-order chi connectivity index (χ1) is 3.39. The lowest BCUT2D eigenvalue weighted by Crippen LogP contribution is -1.67. The van der Waals surface area contributed by atoms with Gasteiger partial charge in [-0.2, -0.15) is 0 Å². The number of rotatable bonds is 0. The van der Waals surface area contributed by atoms with Crippen LogP contribution in [-0.4, -0.2) is 2.63 Å². The van der Waals surface area contributed by atoms with E-state index in [2.05, 4.69) is 24.1 Å². The Labute approximate surface area is 60.0 Å². The summed E-state index contributed by atoms with van der Waals surface area (Å²) in [7, 11) is 0. The van der Waals surface area contributed by atoms with Gasteiger partial charge < -0.3 is 0 Å². The molecular weight excluding hydrogens is 271 g/mol. The second kappa shape index (κ2) is 2.66. The molecule has 2 nitrogen and oxygen atoms in total. The monoisotopic (exact) mass is 272 g/mol. The van der Waals surface area contributed by atoms with Crippen LogP contribution in [0.1, 0.15) is 0 Å². The van der Waals surface area contributed by atoms with Gasteiger partial charge in [0, 0.05) is 6.20 Å². The van der Waals surface area contributed by atoms with Crippen molar-refractivity contribution >= 4 is 39.6 Å². The molecule has 4 heteroatoms. The highest BCUT2D eigenvalue weighted by atomic mass is 127. The Kier molecular flexibility index (Phi) is 2.11. The van der Waals surface area contributed by atoms with E-state index in [1.165, 1.54) is 0 Å². The van der Waals surface area contributed by atoms with E-state index in [9.17, 15) is 0 Å². The van der Waals surface area contributed by atoms with E-state index in [1.54, 1.807) is 12.4 Å². The van der Waals surface area contributed by atoms with Crippen LogP contribution in [0.4, 0.5) is 0 Å². The molecule has 0 radical (unpaired) electrons. The summed E-state index contributed by atoms with van der Waals surface area (Å²) in [6.07, 6.45) is 3.42. The van der Waals surface area contributed by atoms with Crippen molar-refractivity contribution in [1.82, 2.24) is 0 Å². The van der Waals surface area contributed by atoms with E-state index >= 15 is 0 Å². The molecule has 0 unspecified atom stereocenters. The Hall–Kier alpha value is 0.420. The molecule has 0 aliphatic carbocycles. The van der Waals surface area contributed by atoms with Gasteiger partial charge in [-0.15, -0.1) is 0 Å². The lowest BCUT2D eigenvalue weighted by molar-refractivity contribution is 1.53. The van der Waals surface area contributed by atoms with Gasteiger partial charge in [0.1, 0.15) is 0 Å². The number of hydrogen-bond acceptors (Lipinski definition) is 2. The fourth-order valence-corrected chi connectivity index (χ4v) is 1.66. The molecule has 0 bridgehead atoms. The Morgan fingerprint density at radius 1 is 1.57 bits per heavy atom. The van der Waals surface area contributed by atoms with Crippen molar-refractivity contribution in [2.45, 2.75) is 0 Å². The van der Waals surface area contributed by atoms with Crippen molar-refractivity contribution < 1.29 is 0 Å². The molecule has 7 heavy (non-hydrogen) atoms. The largest absolute Gasteiger partial charge is 0.240 e. The van der Waals surface area contributed by atoms with Crippen LogP contribution in [0.2, 0.25) is 0 Å². The lowest BCUT2D eigenvalue weighted by Gasteiger charge is -1.84. The summed E-state index contributed by atoms with van der Waals surface area (Å²) in [6, 6.07) is 0. The van der Waals surface area contributed by atoms with Crippen LogP contribution in [-0.2, 0) is 0 Å². The summed E-state index contributed by atoms with van der Waals surface area (Å²) in [5.74, 6) is 0. The second-order valence-electron chi connectivity index (χ2n) is 0.850. The normalized spacial score (nSPS) is 18.1. The predicted octanol–water partition coefficient (Wildman–Crippen LogP) is 2.38. The minimum absolute atomic E-state index is 0.143. The SMILES string of the molecule is BrC1=NC=CN=I1. The van der Waals surface area contributed by atoms with Crippen molar-refractivity contribution in [3.63, 3.8) is 0 Å². The molecule has 1 aliphatic rings. The van der Waals surface area contributed by atoms with E-state index in [0.29, 0.717) is 0 Å². The van der Waals surface area contributed by atoms with Gasteiger partial charge in [0.25, 0.3) is 0 Å². The van der Waals surface area contributed by atoms with Gasteiger partial charge in [-0.05, 0) is 15.9 Å². The molecule has 0 aromatic heterocycles. The smallest absolute Gasteiger partial charge is 0.156 e. The van der Waals surface area contributed by atoms with Gasteiger partial charge in [-0.25, -0.2) is 8.14 Å². The average molecular weight is 273 g/mol. The molecule has 1 heterocycles. The highest BCUT2D eigenvalue weighted by Crippen LogP contribution is 2.14. The maximum atomic E-state index is 4.01. The third-order valence-corrected chi connectivity index (χ3v) is 2.79. The fourth-order valence-electron chi connectivity index (χ4n) is 0.205. The van der Waals surface area contributed by atoms with E-state index in [4.69, 9.17) is 0 Å². The van der Waals surface area contributed by atoms with Gasteiger partial charge >= 0.3 is 0 Å². The van der Waals surface area contributed by atoms with Crippen molar-refractivity contribution in [1.29, 1.82) is 0 Å². The average Bonchev–Trinajstić information content (AvgIpc) is 1.69. The van der Waals surface area contributed by atoms with E-state index in [0.717, 1.165) is 2.63 Å². The van der Waals surface area contributed by atoms with Gasteiger partial charge in [0.05, 0.1) is 27.2 Å². The maximum Gasteiger partial charge on any atom is 0.156 e. The van der Waals surface area contributed by atoms with Crippen LogP contribution < -0.4 is 0 Å². The molecule has 0 spiro atoms. The van der Waals surface area contributed by atoms with Gasteiger partial charge in [0.2, 0.25) is 0 Å². The number of halogens is 2. The van der Waals surface area contributed by atoms with Crippen LogP contribution >= 0.6 is 37.0 Å². The second-order valence-corrected chi connectivity index (χ2v) is 5.14. The summed E-state index contributed by atoms with van der Waals surface area (Å²) in [6.45, 7) is 0. The van der Waals surface area contributed by atoms with Crippen molar-refractivity contribution in [3.05, 3.63) is 12.4 Å². The first kappa shape index (κ1) is 5.55. The van der Waals surface area contributed by atoms with E-state index in [-0.39, 0.29) is 21.0 Å². The van der Waals surface area contributed by atoms with Gasteiger partial charge in [0.15, 0.2) is 2.63 Å². The minimum atomic E-state index is -0.143. The summed E-state index contributed by atoms with van der Waals surface area (Å²) >= 11 is 3.10. The first-order valence-corrected chi connectivity index (χ1v) is 4.46. The molecule has 1 aliphatic heterocycles. The van der Waals surface area contributed by atoms with Crippen LogP contribution in [0, 0.1) is 0 Å². The third kappa shape index (κ3) is 1.77. The number of aliphatic imine (C=N–C) groups is 1. The Morgan fingerprint density at radius 2 is 2.43 bits per heavy atom. The molecule has 0 amide bonds. The topological polar surface area (TPSA) is 24.7 Å². The molecular formula is C3H2BrIN2. The van der Waals surface area contributed by atoms with Crippen LogP contribution in [0.3, 0.4) is 0 Å². The molecule has 0 atom stereocenters. The zero-order chi connectivity index (χ0) is 5.11. The van der Waals surface area contributed by atoms with E-state index in [1.807, 2.05) is 0 Å². The molecule has 0 N–H and O–H groups in total. The Morgan fingerprint density at radius 3 is 2.71 bits per heavy atom. The number of nitrogens with zero attached hydrogens (tertiary/aromatic N) is 2. The van der Waals surface area contributed by atoms with Crippen molar-refractivity contribution in [3.8, 4) is 0 Å². The summed E-state index contributed by atoms with van der Waals surface area (Å²) in [4.78, 5) is 3.94.